The van der Waals surface area contributed by atoms with E-state index in [2.05, 4.69) is 22.2 Å². The zero-order valence-corrected chi connectivity index (χ0v) is 13.2. The summed E-state index contributed by atoms with van der Waals surface area (Å²) < 4.78 is 5.80. The number of carbonyl (C=O) groups excluding carboxylic acids is 1. The third-order valence-corrected chi connectivity index (χ3v) is 3.37. The second-order valence-corrected chi connectivity index (χ2v) is 5.25. The van der Waals surface area contributed by atoms with Crippen LogP contribution in [0.4, 0.5) is 11.8 Å². The van der Waals surface area contributed by atoms with Crippen molar-refractivity contribution in [3.05, 3.63) is 42.1 Å². The molecule has 0 saturated heterocycles. The minimum Gasteiger partial charge on any atom is -0.483 e. The summed E-state index contributed by atoms with van der Waals surface area (Å²) in [5, 5.41) is 3.24. The predicted octanol–water partition coefficient (Wildman–Crippen LogP) is 2.81. The van der Waals surface area contributed by atoms with Crippen molar-refractivity contribution in [3.63, 3.8) is 0 Å². The molecular formula is C17H22N4O2. The predicted molar refractivity (Wildman–Crippen MR) is 90.2 cm³/mol. The lowest BCUT2D eigenvalue weighted by Crippen LogP contribution is -2.21. The quantitative estimate of drug-likeness (QED) is 0.692. The summed E-state index contributed by atoms with van der Waals surface area (Å²) in [6.07, 6.45) is 4.70. The summed E-state index contributed by atoms with van der Waals surface area (Å²) in [5.41, 5.74) is 6.72. The highest BCUT2D eigenvalue weighted by Gasteiger charge is 2.13. The van der Waals surface area contributed by atoms with Gasteiger partial charge in [-0.2, -0.15) is 4.98 Å². The summed E-state index contributed by atoms with van der Waals surface area (Å²) in [6.45, 7) is 2.48. The van der Waals surface area contributed by atoms with Crippen molar-refractivity contribution in [2.75, 3.05) is 11.1 Å². The molecule has 1 aromatic heterocycles. The molecule has 0 saturated carbocycles. The van der Waals surface area contributed by atoms with Gasteiger partial charge in [0.05, 0.1) is 6.20 Å². The number of ether oxygens (including phenoxy) is 1. The molecule has 2 rings (SSSR count). The number of hydrogen-bond donors (Lipinski definition) is 2. The van der Waals surface area contributed by atoms with Gasteiger partial charge in [-0.25, -0.2) is 4.98 Å². The molecule has 2 aromatic rings. The first-order chi connectivity index (χ1) is 11.2. The van der Waals surface area contributed by atoms with Crippen molar-refractivity contribution in [2.45, 2.75) is 38.8 Å². The largest absolute Gasteiger partial charge is 0.483 e. The topological polar surface area (TPSA) is 90.1 Å². The zero-order valence-electron chi connectivity index (χ0n) is 13.2. The van der Waals surface area contributed by atoms with Crippen LogP contribution >= 0.6 is 0 Å². The van der Waals surface area contributed by atoms with E-state index in [1.54, 1.807) is 6.20 Å². The first kappa shape index (κ1) is 16.7. The van der Waals surface area contributed by atoms with E-state index in [0.717, 1.165) is 24.7 Å². The Balaban J connectivity index is 2.11. The van der Waals surface area contributed by atoms with Crippen LogP contribution in [0.5, 0.6) is 5.75 Å². The van der Waals surface area contributed by atoms with Crippen LogP contribution in [-0.2, 0) is 11.4 Å². The molecule has 6 nitrogen and oxygen atoms in total. The van der Waals surface area contributed by atoms with Gasteiger partial charge in [0.2, 0.25) is 5.95 Å². The Kier molecular flexibility index (Phi) is 6.35. The van der Waals surface area contributed by atoms with Crippen LogP contribution < -0.4 is 15.8 Å². The first-order valence-electron chi connectivity index (χ1n) is 7.72. The van der Waals surface area contributed by atoms with Gasteiger partial charge in [0.1, 0.15) is 12.9 Å². The average molecular weight is 314 g/mol. The van der Waals surface area contributed by atoms with Gasteiger partial charge in [0.15, 0.2) is 11.6 Å². The number of nitrogens with one attached hydrogen (secondary N) is 1. The molecule has 0 fully saturated rings. The van der Waals surface area contributed by atoms with Gasteiger partial charge in [-0.15, -0.1) is 0 Å². The number of nitrogens with zero attached hydrogens (tertiary/aromatic N) is 2. The number of hydrogen-bond acceptors (Lipinski definition) is 6. The lowest BCUT2D eigenvalue weighted by Gasteiger charge is -2.18. The summed E-state index contributed by atoms with van der Waals surface area (Å²) in [4.78, 5) is 19.0. The molecule has 0 bridgehead atoms. The molecule has 1 atom stereocenters. The molecule has 0 aliphatic heterocycles. The molecule has 0 unspecified atom stereocenters. The number of anilines is 2. The number of nitrogens with two attached hydrogens (primary N) is 1. The van der Waals surface area contributed by atoms with Crippen LogP contribution in [0, 0.1) is 0 Å². The fraction of sp³-hybridized carbons (Fsp3) is 0.353. The van der Waals surface area contributed by atoms with Crippen molar-refractivity contribution in [1.82, 2.24) is 9.97 Å². The molecule has 3 N–H and O–H groups in total. The van der Waals surface area contributed by atoms with Gasteiger partial charge in [-0.1, -0.05) is 43.7 Å². The van der Waals surface area contributed by atoms with Gasteiger partial charge in [-0.3, -0.25) is 0 Å². The lowest BCUT2D eigenvalue weighted by atomic mass is 10.1. The van der Waals surface area contributed by atoms with E-state index in [1.807, 2.05) is 30.3 Å². The van der Waals surface area contributed by atoms with Gasteiger partial charge in [0, 0.05) is 12.5 Å². The maximum Gasteiger partial charge on any atom is 0.222 e. The summed E-state index contributed by atoms with van der Waals surface area (Å²) >= 11 is 0. The minimum absolute atomic E-state index is 0.00544. The lowest BCUT2D eigenvalue weighted by molar-refractivity contribution is -0.108. The van der Waals surface area contributed by atoms with E-state index >= 15 is 0 Å². The van der Waals surface area contributed by atoms with Crippen molar-refractivity contribution in [1.29, 1.82) is 0 Å². The van der Waals surface area contributed by atoms with Gasteiger partial charge in [-0.05, 0) is 12.0 Å². The van der Waals surface area contributed by atoms with E-state index in [1.165, 1.54) is 0 Å². The van der Waals surface area contributed by atoms with Gasteiger partial charge in [0.25, 0.3) is 0 Å². The first-order valence-corrected chi connectivity index (χ1v) is 7.72. The Labute approximate surface area is 136 Å². The Morgan fingerprint density at radius 1 is 1.35 bits per heavy atom. The van der Waals surface area contributed by atoms with Crippen LogP contribution in [0.25, 0.3) is 0 Å². The van der Waals surface area contributed by atoms with E-state index < -0.39 is 0 Å². The Hall–Kier alpha value is -2.63. The third-order valence-electron chi connectivity index (χ3n) is 3.37. The highest BCUT2D eigenvalue weighted by atomic mass is 16.5. The van der Waals surface area contributed by atoms with Gasteiger partial charge >= 0.3 is 0 Å². The van der Waals surface area contributed by atoms with E-state index in [-0.39, 0.29) is 12.0 Å². The summed E-state index contributed by atoms with van der Waals surface area (Å²) in [7, 11) is 0. The van der Waals surface area contributed by atoms with Crippen molar-refractivity contribution >= 4 is 18.1 Å². The van der Waals surface area contributed by atoms with Gasteiger partial charge < -0.3 is 20.6 Å². The maximum absolute atomic E-state index is 10.8. The molecule has 1 heterocycles. The maximum atomic E-state index is 10.8. The van der Waals surface area contributed by atoms with E-state index in [0.29, 0.717) is 24.6 Å². The standard InChI is InChI=1S/C17H22N4O2/c1-2-6-14(9-10-22)20-16-15(11-19-17(18)21-16)23-12-13-7-4-3-5-8-13/h3-5,7-8,10-11,14H,2,6,9,12H2,1H3,(H3,18,19,20,21)/t14-/m1/s1. The molecule has 1 aromatic carbocycles. The second kappa shape index (κ2) is 8.73. The normalized spacial score (nSPS) is 11.7. The SMILES string of the molecule is CCC[C@H](CC=O)Nc1nc(N)ncc1OCc1ccccc1. The Morgan fingerprint density at radius 2 is 2.13 bits per heavy atom. The summed E-state index contributed by atoms with van der Waals surface area (Å²) in [6, 6.07) is 9.84. The molecule has 0 aliphatic rings. The van der Waals surface area contributed by atoms with Crippen molar-refractivity contribution in [2.24, 2.45) is 0 Å². The van der Waals surface area contributed by atoms with Crippen LogP contribution in [0.3, 0.4) is 0 Å². The average Bonchev–Trinajstić information content (AvgIpc) is 2.55. The second-order valence-electron chi connectivity index (χ2n) is 5.25. The molecule has 122 valence electrons. The van der Waals surface area contributed by atoms with E-state index in [4.69, 9.17) is 10.5 Å². The van der Waals surface area contributed by atoms with Crippen LogP contribution in [0.15, 0.2) is 36.5 Å². The molecule has 0 spiro atoms. The molecular weight excluding hydrogens is 292 g/mol. The van der Waals surface area contributed by atoms with Crippen LogP contribution in [0.2, 0.25) is 0 Å². The third kappa shape index (κ3) is 5.25. The highest BCUT2D eigenvalue weighted by Crippen LogP contribution is 2.24. The molecule has 23 heavy (non-hydrogen) atoms. The Morgan fingerprint density at radius 3 is 2.83 bits per heavy atom. The monoisotopic (exact) mass is 314 g/mol. The number of benzene rings is 1. The number of carbonyl (C=O) groups is 1. The fourth-order valence-electron chi connectivity index (χ4n) is 2.24. The van der Waals surface area contributed by atoms with Crippen molar-refractivity contribution in [3.8, 4) is 5.75 Å². The highest BCUT2D eigenvalue weighted by molar-refractivity contribution is 5.55. The van der Waals surface area contributed by atoms with E-state index in [9.17, 15) is 4.79 Å². The number of aromatic nitrogens is 2. The van der Waals surface area contributed by atoms with Crippen molar-refractivity contribution < 1.29 is 9.53 Å². The molecule has 0 radical (unpaired) electrons. The summed E-state index contributed by atoms with van der Waals surface area (Å²) in [5.74, 6) is 1.21. The zero-order chi connectivity index (χ0) is 16.5. The fourth-order valence-corrected chi connectivity index (χ4v) is 2.24. The smallest absolute Gasteiger partial charge is 0.222 e. The van der Waals surface area contributed by atoms with Crippen LogP contribution in [-0.4, -0.2) is 22.3 Å². The minimum atomic E-state index is 0.00544. The number of nitrogen functional groups attached to an aromatic ring is 1. The number of aldehydes is 1. The molecule has 0 amide bonds. The van der Waals surface area contributed by atoms with Crippen LogP contribution in [0.1, 0.15) is 31.7 Å². The molecule has 0 aliphatic carbocycles. The Bertz CT molecular complexity index is 619. The molecule has 6 heteroatoms. The number of rotatable bonds is 9.